The quantitative estimate of drug-likeness (QED) is 0.154. The number of unbranched alkanes of at least 4 members (excludes halogenated alkanes) is 2. The van der Waals surface area contributed by atoms with Gasteiger partial charge in [-0.3, -0.25) is 9.59 Å². The van der Waals surface area contributed by atoms with Crippen molar-refractivity contribution in [3.8, 4) is 11.5 Å². The number of hydrogen-bond donors (Lipinski definition) is 2. The first kappa shape index (κ1) is 41.2. The van der Waals surface area contributed by atoms with Crippen LogP contribution in [0.15, 0.2) is 24.3 Å². The number of esters is 2. The molecule has 6 heteroatoms. The Morgan fingerprint density at radius 1 is 0.604 bits per heavy atom. The molecule has 0 saturated carbocycles. The summed E-state index contributed by atoms with van der Waals surface area (Å²) in [5.74, 6) is 0.117. The van der Waals surface area contributed by atoms with Crippen LogP contribution in [-0.4, -0.2) is 34.9 Å². The molecule has 48 heavy (non-hydrogen) atoms. The summed E-state index contributed by atoms with van der Waals surface area (Å²) in [6, 6.07) is 8.05. The van der Waals surface area contributed by atoms with Gasteiger partial charge in [0.05, 0.1) is 6.61 Å². The Balaban J connectivity index is 2.04. The summed E-state index contributed by atoms with van der Waals surface area (Å²) in [5.41, 5.74) is 4.58. The molecule has 0 aliphatic rings. The van der Waals surface area contributed by atoms with Crippen LogP contribution in [0.3, 0.4) is 0 Å². The van der Waals surface area contributed by atoms with Gasteiger partial charge in [0.25, 0.3) is 0 Å². The lowest BCUT2D eigenvalue weighted by molar-refractivity contribution is -0.151. The highest BCUT2D eigenvalue weighted by Gasteiger charge is 2.28. The van der Waals surface area contributed by atoms with E-state index in [0.29, 0.717) is 30.8 Å². The molecule has 0 heterocycles. The predicted octanol–water partition coefficient (Wildman–Crippen LogP) is 10.3. The molecule has 6 nitrogen and oxygen atoms in total. The first-order chi connectivity index (χ1) is 21.9. The Bertz CT molecular complexity index is 1300. The number of hydrogen-bond acceptors (Lipinski definition) is 6. The van der Waals surface area contributed by atoms with Gasteiger partial charge < -0.3 is 19.7 Å². The molecular formula is C42H66O6. The summed E-state index contributed by atoms with van der Waals surface area (Å²) in [6.45, 7) is 27.3. The molecule has 270 valence electrons. The minimum Gasteiger partial charge on any atom is -0.507 e. The third-order valence-corrected chi connectivity index (χ3v) is 8.94. The highest BCUT2D eigenvalue weighted by Crippen LogP contribution is 2.41. The fourth-order valence-corrected chi connectivity index (χ4v) is 5.96. The van der Waals surface area contributed by atoms with Crippen molar-refractivity contribution >= 4 is 11.9 Å². The molecule has 0 aliphatic carbocycles. The number of aryl methyl sites for hydroxylation is 2. The first-order valence-electron chi connectivity index (χ1n) is 18.0. The number of rotatable bonds is 14. The topological polar surface area (TPSA) is 93.1 Å². The van der Waals surface area contributed by atoms with Gasteiger partial charge in [-0.25, -0.2) is 0 Å². The normalized spacial score (nSPS) is 13.4. The fraction of sp³-hybridized carbons (Fsp3) is 0.667. The Morgan fingerprint density at radius 2 is 0.979 bits per heavy atom. The molecule has 0 fully saturated rings. The Morgan fingerprint density at radius 3 is 1.33 bits per heavy atom. The van der Waals surface area contributed by atoms with Crippen LogP contribution in [0, 0.1) is 0 Å². The van der Waals surface area contributed by atoms with Crippen molar-refractivity contribution in [3.05, 3.63) is 57.6 Å². The average Bonchev–Trinajstić information content (AvgIpc) is 2.93. The number of carbonyl (C=O) groups is 2. The number of phenolic OH excluding ortho intramolecular Hbond substituents is 2. The molecule has 0 aliphatic heterocycles. The summed E-state index contributed by atoms with van der Waals surface area (Å²) in [6.07, 6.45) is 5.45. The molecule has 0 radical (unpaired) electrons. The van der Waals surface area contributed by atoms with Gasteiger partial charge in [0.1, 0.15) is 17.6 Å². The van der Waals surface area contributed by atoms with Crippen molar-refractivity contribution in [2.24, 2.45) is 0 Å². The molecule has 0 aromatic heterocycles. The predicted molar refractivity (Wildman–Crippen MR) is 197 cm³/mol. The van der Waals surface area contributed by atoms with Crippen molar-refractivity contribution in [3.63, 3.8) is 0 Å². The highest BCUT2D eigenvalue weighted by molar-refractivity contribution is 5.70. The molecule has 0 spiro atoms. The number of phenols is 2. The van der Waals surface area contributed by atoms with Crippen LogP contribution in [0.25, 0.3) is 0 Å². The SMILES string of the molecule is CCCCCC(CCOC(=O)CCc1cc(C(C)(C)C)c(O)c(C(C)(C)C)c1)OC(=O)CCc1cc(C(C)(C)C)c(O)c(C(C)(C)C)c1. The molecule has 2 N–H and O–H groups in total. The molecular weight excluding hydrogens is 600 g/mol. The van der Waals surface area contributed by atoms with Crippen LogP contribution in [0.1, 0.15) is 168 Å². The Labute approximate surface area is 292 Å². The number of carbonyl (C=O) groups excluding carboxylic acids is 2. The Hall–Kier alpha value is -3.02. The van der Waals surface area contributed by atoms with Crippen molar-refractivity contribution in [2.75, 3.05) is 6.61 Å². The van der Waals surface area contributed by atoms with E-state index in [1.807, 2.05) is 24.3 Å². The minimum atomic E-state index is -0.312. The molecule has 1 unspecified atom stereocenters. The standard InChI is InChI=1S/C42H66O6/c1-14-15-16-17-30(48-36(44)21-19-29-26-33(41(8,9)10)38(46)34(27-29)42(11,12)13)22-23-47-35(43)20-18-28-24-31(39(2,3)4)37(45)32(25-28)40(5,6)7/h24-27,30,45-46H,14-23H2,1-13H3. The molecule has 2 aromatic carbocycles. The molecule has 2 aromatic rings. The van der Waals surface area contributed by atoms with Crippen molar-refractivity contribution in [1.82, 2.24) is 0 Å². The third kappa shape index (κ3) is 12.5. The lowest BCUT2D eigenvalue weighted by Gasteiger charge is -2.28. The van der Waals surface area contributed by atoms with E-state index >= 15 is 0 Å². The summed E-state index contributed by atoms with van der Waals surface area (Å²) >= 11 is 0. The number of ether oxygens (including phenoxy) is 2. The monoisotopic (exact) mass is 666 g/mol. The van der Waals surface area contributed by atoms with Crippen LogP contribution >= 0.6 is 0 Å². The molecule has 0 saturated heterocycles. The molecule has 0 amide bonds. The molecule has 2 rings (SSSR count). The zero-order valence-electron chi connectivity index (χ0n) is 32.5. The maximum absolute atomic E-state index is 13.1. The largest absolute Gasteiger partial charge is 0.507 e. The second-order valence-electron chi connectivity index (χ2n) is 17.7. The zero-order valence-corrected chi connectivity index (χ0v) is 32.5. The van der Waals surface area contributed by atoms with E-state index in [2.05, 4.69) is 90.0 Å². The maximum Gasteiger partial charge on any atom is 0.306 e. The lowest BCUT2D eigenvalue weighted by atomic mass is 9.78. The summed E-state index contributed by atoms with van der Waals surface area (Å²) in [5, 5.41) is 22.1. The smallest absolute Gasteiger partial charge is 0.306 e. The van der Waals surface area contributed by atoms with Gasteiger partial charge >= 0.3 is 11.9 Å². The zero-order chi connectivity index (χ0) is 36.7. The van der Waals surface area contributed by atoms with E-state index in [4.69, 9.17) is 9.47 Å². The van der Waals surface area contributed by atoms with Gasteiger partial charge in [-0.15, -0.1) is 0 Å². The van der Waals surface area contributed by atoms with Gasteiger partial charge in [0.15, 0.2) is 0 Å². The van der Waals surface area contributed by atoms with E-state index in [9.17, 15) is 19.8 Å². The lowest BCUT2D eigenvalue weighted by Crippen LogP contribution is -2.22. The van der Waals surface area contributed by atoms with E-state index in [-0.39, 0.29) is 59.2 Å². The maximum atomic E-state index is 13.1. The Kier molecular flexibility index (Phi) is 14.2. The van der Waals surface area contributed by atoms with Crippen LogP contribution in [0.4, 0.5) is 0 Å². The van der Waals surface area contributed by atoms with Gasteiger partial charge in [0.2, 0.25) is 0 Å². The van der Waals surface area contributed by atoms with E-state index in [1.165, 1.54) is 0 Å². The van der Waals surface area contributed by atoms with Crippen LogP contribution in [-0.2, 0) is 53.6 Å². The number of benzene rings is 2. The summed E-state index contributed by atoms with van der Waals surface area (Å²) in [7, 11) is 0. The molecule has 0 bridgehead atoms. The second kappa shape index (κ2) is 16.6. The van der Waals surface area contributed by atoms with Crippen molar-refractivity contribution < 1.29 is 29.3 Å². The second-order valence-corrected chi connectivity index (χ2v) is 17.7. The van der Waals surface area contributed by atoms with Gasteiger partial charge in [-0.05, 0) is 80.7 Å². The van der Waals surface area contributed by atoms with E-state index < -0.39 is 0 Å². The van der Waals surface area contributed by atoms with E-state index in [1.54, 1.807) is 0 Å². The van der Waals surface area contributed by atoms with Crippen molar-refractivity contribution in [2.45, 2.75) is 176 Å². The van der Waals surface area contributed by atoms with Gasteiger partial charge in [-0.1, -0.05) is 127 Å². The highest BCUT2D eigenvalue weighted by atomic mass is 16.6. The minimum absolute atomic E-state index is 0.195. The van der Waals surface area contributed by atoms with Crippen molar-refractivity contribution in [1.29, 1.82) is 0 Å². The van der Waals surface area contributed by atoms with Gasteiger partial charge in [0, 0.05) is 19.3 Å². The molecule has 1 atom stereocenters. The van der Waals surface area contributed by atoms with E-state index in [0.717, 1.165) is 59.1 Å². The summed E-state index contributed by atoms with van der Waals surface area (Å²) in [4.78, 5) is 25.9. The summed E-state index contributed by atoms with van der Waals surface area (Å²) < 4.78 is 11.6. The number of aromatic hydroxyl groups is 2. The van der Waals surface area contributed by atoms with Crippen LogP contribution in [0.5, 0.6) is 11.5 Å². The third-order valence-electron chi connectivity index (χ3n) is 8.94. The fourth-order valence-electron chi connectivity index (χ4n) is 5.96. The van der Waals surface area contributed by atoms with Crippen LogP contribution < -0.4 is 0 Å². The first-order valence-corrected chi connectivity index (χ1v) is 18.0. The van der Waals surface area contributed by atoms with Gasteiger partial charge in [-0.2, -0.15) is 0 Å². The van der Waals surface area contributed by atoms with Crippen LogP contribution in [0.2, 0.25) is 0 Å². The average molecular weight is 667 g/mol.